The Morgan fingerprint density at radius 3 is 2.00 bits per heavy atom. The van der Waals surface area contributed by atoms with Crippen molar-refractivity contribution in [3.05, 3.63) is 16.4 Å². The number of aromatic nitrogens is 1. The van der Waals surface area contributed by atoms with Gasteiger partial charge in [0.05, 0.1) is 0 Å². The van der Waals surface area contributed by atoms with Crippen molar-refractivity contribution in [2.24, 2.45) is 0 Å². The second-order valence-electron chi connectivity index (χ2n) is 2.29. The number of nitrogens with two attached hydrogens (primary N) is 2. The topological polar surface area (TPSA) is 180 Å². The van der Waals surface area contributed by atoms with Crippen LogP contribution in [0.1, 0.15) is 0 Å². The highest BCUT2D eigenvalue weighted by Crippen LogP contribution is 2.20. The Bertz CT molecular complexity index is 458. The van der Waals surface area contributed by atoms with Gasteiger partial charge in [-0.05, 0) is 0 Å². The van der Waals surface area contributed by atoms with Crippen molar-refractivity contribution < 1.29 is 22.6 Å². The average molecular weight is 239 g/mol. The Labute approximate surface area is 83.9 Å². The number of aromatic hydroxyl groups is 1. The van der Waals surface area contributed by atoms with Crippen molar-refractivity contribution >= 4 is 21.9 Å². The van der Waals surface area contributed by atoms with E-state index in [-0.39, 0.29) is 17.3 Å². The highest BCUT2D eigenvalue weighted by atomic mass is 32.3. The van der Waals surface area contributed by atoms with E-state index in [0.717, 1.165) is 6.07 Å². The maximum Gasteiger partial charge on any atom is 0.394 e. The molecule has 0 bridgehead atoms. The summed E-state index contributed by atoms with van der Waals surface area (Å²) in [4.78, 5) is 12.7. The van der Waals surface area contributed by atoms with Gasteiger partial charge in [-0.15, -0.1) is 0 Å². The Morgan fingerprint density at radius 2 is 1.67 bits per heavy atom. The summed E-state index contributed by atoms with van der Waals surface area (Å²) in [6.45, 7) is 0. The van der Waals surface area contributed by atoms with Gasteiger partial charge in [-0.1, -0.05) is 0 Å². The van der Waals surface area contributed by atoms with Gasteiger partial charge in [-0.2, -0.15) is 8.42 Å². The summed E-state index contributed by atoms with van der Waals surface area (Å²) in [7, 11) is -4.67. The molecule has 0 atom stereocenters. The number of nitrogens with one attached hydrogen (secondary N) is 1. The second kappa shape index (κ2) is 4.63. The lowest BCUT2D eigenvalue weighted by molar-refractivity contribution is 0.381. The Hall–Kier alpha value is -1.78. The third kappa shape index (κ3) is 6.31. The van der Waals surface area contributed by atoms with Crippen LogP contribution in [-0.2, 0) is 10.4 Å². The molecule has 8 N–H and O–H groups in total. The summed E-state index contributed by atoms with van der Waals surface area (Å²) in [6, 6.07) is 0.964. The predicted molar refractivity (Wildman–Crippen MR) is 51.7 cm³/mol. The molecule has 0 fully saturated rings. The van der Waals surface area contributed by atoms with Crippen molar-refractivity contribution in [2.75, 3.05) is 11.5 Å². The normalized spacial score (nSPS) is 10.3. The molecule has 15 heavy (non-hydrogen) atoms. The van der Waals surface area contributed by atoms with E-state index in [1.807, 2.05) is 0 Å². The summed E-state index contributed by atoms with van der Waals surface area (Å²) in [5, 5.41) is 8.86. The van der Waals surface area contributed by atoms with Gasteiger partial charge in [0.25, 0.3) is 5.56 Å². The quantitative estimate of drug-likeness (QED) is 0.298. The molecule has 0 unspecified atom stereocenters. The SMILES string of the molecule is Nc1[nH]c(=O)cc(O)c1N.O=S(=O)(O)O. The van der Waals surface area contributed by atoms with Gasteiger partial charge in [0.1, 0.15) is 17.3 Å². The number of pyridine rings is 1. The third-order valence-corrected chi connectivity index (χ3v) is 1.09. The number of rotatable bonds is 0. The molecule has 0 aromatic carbocycles. The molecule has 0 amide bonds. The molecular weight excluding hydrogens is 230 g/mol. The van der Waals surface area contributed by atoms with Gasteiger partial charge in [0.2, 0.25) is 0 Å². The predicted octanol–water partition coefficient (Wildman–Crippen LogP) is -1.41. The Morgan fingerprint density at radius 1 is 1.27 bits per heavy atom. The van der Waals surface area contributed by atoms with Crippen LogP contribution < -0.4 is 17.0 Å². The summed E-state index contributed by atoms with van der Waals surface area (Å²) >= 11 is 0. The van der Waals surface area contributed by atoms with E-state index in [1.54, 1.807) is 0 Å². The van der Waals surface area contributed by atoms with Crippen LogP contribution in [0.3, 0.4) is 0 Å². The fraction of sp³-hybridized carbons (Fsp3) is 0. The number of nitrogen functional groups attached to an aromatic ring is 2. The van der Waals surface area contributed by atoms with Gasteiger partial charge in [-0.3, -0.25) is 13.9 Å². The molecule has 0 spiro atoms. The van der Waals surface area contributed by atoms with Gasteiger partial charge < -0.3 is 21.6 Å². The fourth-order valence-electron chi connectivity index (χ4n) is 0.576. The zero-order valence-electron chi connectivity index (χ0n) is 7.21. The van der Waals surface area contributed by atoms with Crippen molar-refractivity contribution in [3.8, 4) is 5.75 Å². The van der Waals surface area contributed by atoms with Gasteiger partial charge >= 0.3 is 10.4 Å². The Balaban J connectivity index is 0.000000336. The van der Waals surface area contributed by atoms with E-state index < -0.39 is 16.0 Å². The first-order valence-electron chi connectivity index (χ1n) is 3.28. The van der Waals surface area contributed by atoms with Crippen LogP contribution in [0.4, 0.5) is 11.5 Å². The zero-order chi connectivity index (χ0) is 12.2. The van der Waals surface area contributed by atoms with E-state index in [2.05, 4.69) is 4.98 Å². The minimum atomic E-state index is -4.67. The lowest BCUT2D eigenvalue weighted by Crippen LogP contribution is -2.09. The molecular formula is C5H9N3O6S. The highest BCUT2D eigenvalue weighted by Gasteiger charge is 2.00. The van der Waals surface area contributed by atoms with Crippen LogP contribution in [-0.4, -0.2) is 27.6 Å². The van der Waals surface area contributed by atoms with E-state index in [0.29, 0.717) is 0 Å². The number of aromatic amines is 1. The van der Waals surface area contributed by atoms with E-state index in [1.165, 1.54) is 0 Å². The molecule has 0 radical (unpaired) electrons. The van der Waals surface area contributed by atoms with E-state index >= 15 is 0 Å². The molecule has 1 aromatic heterocycles. The summed E-state index contributed by atoms with van der Waals surface area (Å²) in [5.74, 6) is -0.300. The second-order valence-corrected chi connectivity index (χ2v) is 3.19. The van der Waals surface area contributed by atoms with Crippen molar-refractivity contribution in [2.45, 2.75) is 0 Å². The molecule has 1 rings (SSSR count). The highest BCUT2D eigenvalue weighted by molar-refractivity contribution is 7.79. The molecule has 0 saturated carbocycles. The van der Waals surface area contributed by atoms with Gasteiger partial charge in [-0.25, -0.2) is 0 Å². The number of anilines is 2. The standard InChI is InChI=1S/C5H7N3O2.H2O4S/c6-4-2(9)1-3(10)8-5(4)7;1-5(2,3)4/h1H,6H2,(H4,7,8,9,10);(H2,1,2,3,4). The van der Waals surface area contributed by atoms with Crippen LogP contribution >= 0.6 is 0 Å². The van der Waals surface area contributed by atoms with Crippen LogP contribution in [0.15, 0.2) is 10.9 Å². The van der Waals surface area contributed by atoms with Crippen molar-refractivity contribution in [1.82, 2.24) is 4.98 Å². The summed E-state index contributed by atoms with van der Waals surface area (Å²) < 4.78 is 31.6. The summed E-state index contributed by atoms with van der Waals surface area (Å²) in [6.07, 6.45) is 0. The van der Waals surface area contributed by atoms with Crippen molar-refractivity contribution in [1.29, 1.82) is 0 Å². The lowest BCUT2D eigenvalue weighted by Gasteiger charge is -1.99. The van der Waals surface area contributed by atoms with E-state index in [9.17, 15) is 4.79 Å². The third-order valence-electron chi connectivity index (χ3n) is 1.09. The summed E-state index contributed by atoms with van der Waals surface area (Å²) in [5.41, 5.74) is 9.92. The fourth-order valence-corrected chi connectivity index (χ4v) is 0.576. The number of hydrogen-bond donors (Lipinski definition) is 6. The molecule has 0 saturated heterocycles. The number of H-pyrrole nitrogens is 1. The van der Waals surface area contributed by atoms with Crippen molar-refractivity contribution in [3.63, 3.8) is 0 Å². The maximum atomic E-state index is 10.5. The van der Waals surface area contributed by atoms with E-state index in [4.69, 9.17) is 34.1 Å². The smallest absolute Gasteiger partial charge is 0.394 e. The maximum absolute atomic E-state index is 10.5. The molecule has 86 valence electrons. The average Bonchev–Trinajstić information content (AvgIpc) is 1.96. The minimum Gasteiger partial charge on any atom is -0.505 e. The van der Waals surface area contributed by atoms with Gasteiger partial charge in [0, 0.05) is 6.07 Å². The molecule has 0 aliphatic heterocycles. The Kier molecular flexibility index (Phi) is 4.08. The first-order valence-corrected chi connectivity index (χ1v) is 4.68. The first kappa shape index (κ1) is 13.2. The first-order chi connectivity index (χ1) is 6.61. The zero-order valence-corrected chi connectivity index (χ0v) is 8.02. The molecule has 0 aliphatic carbocycles. The van der Waals surface area contributed by atoms with Crippen LogP contribution in [0.5, 0.6) is 5.75 Å². The van der Waals surface area contributed by atoms with Crippen LogP contribution in [0, 0.1) is 0 Å². The molecule has 9 nitrogen and oxygen atoms in total. The molecule has 0 aliphatic rings. The van der Waals surface area contributed by atoms with Crippen LogP contribution in [0.25, 0.3) is 0 Å². The molecule has 1 heterocycles. The molecule has 1 aromatic rings. The lowest BCUT2D eigenvalue weighted by atomic mass is 10.3. The van der Waals surface area contributed by atoms with Gasteiger partial charge in [0.15, 0.2) is 0 Å². The minimum absolute atomic E-state index is 0.000370. The monoisotopic (exact) mass is 239 g/mol. The number of hydrogen-bond acceptors (Lipinski definition) is 6. The molecule has 10 heteroatoms. The van der Waals surface area contributed by atoms with Crippen LogP contribution in [0.2, 0.25) is 0 Å². The largest absolute Gasteiger partial charge is 0.505 e.